The monoisotopic (exact) mass is 208 g/mol. The minimum absolute atomic E-state index is 0.127. The molecule has 1 heteroatoms. The SMILES string of the molecule is C=C/C=C(\C(F)=C/C=C)C(C)(CC)CC. The summed E-state index contributed by atoms with van der Waals surface area (Å²) in [5.41, 5.74) is 0.583. The first-order valence-corrected chi connectivity index (χ1v) is 5.37. The number of halogens is 1. The molecule has 0 nitrogen and oxygen atoms in total. The van der Waals surface area contributed by atoms with Gasteiger partial charge in [0.1, 0.15) is 5.83 Å². The van der Waals surface area contributed by atoms with Crippen LogP contribution in [0.5, 0.6) is 0 Å². The van der Waals surface area contributed by atoms with E-state index in [0.717, 1.165) is 12.8 Å². The number of hydrogen-bond donors (Lipinski definition) is 0. The van der Waals surface area contributed by atoms with Crippen LogP contribution in [0.1, 0.15) is 33.6 Å². The largest absolute Gasteiger partial charge is 0.207 e. The summed E-state index contributed by atoms with van der Waals surface area (Å²) in [5.74, 6) is -0.212. The molecule has 0 bridgehead atoms. The zero-order chi connectivity index (χ0) is 11.9. The fraction of sp³-hybridized carbons (Fsp3) is 0.429. The molecule has 0 amide bonds. The summed E-state index contributed by atoms with van der Waals surface area (Å²) in [7, 11) is 0. The van der Waals surface area contributed by atoms with Gasteiger partial charge in [-0.15, -0.1) is 0 Å². The Morgan fingerprint density at radius 2 is 1.60 bits per heavy atom. The quantitative estimate of drug-likeness (QED) is 0.541. The van der Waals surface area contributed by atoms with Crippen LogP contribution in [-0.4, -0.2) is 0 Å². The van der Waals surface area contributed by atoms with Crippen molar-refractivity contribution in [3.05, 3.63) is 48.9 Å². The Kier molecular flexibility index (Phi) is 5.92. The molecule has 0 saturated heterocycles. The van der Waals surface area contributed by atoms with Gasteiger partial charge in [0, 0.05) is 0 Å². The van der Waals surface area contributed by atoms with E-state index in [-0.39, 0.29) is 11.2 Å². The Morgan fingerprint density at radius 1 is 1.13 bits per heavy atom. The first kappa shape index (κ1) is 13.9. The fourth-order valence-corrected chi connectivity index (χ4v) is 1.51. The Bertz CT molecular complexity index is 278. The Balaban J connectivity index is 5.31. The number of allylic oxidation sites excluding steroid dienone is 6. The highest BCUT2D eigenvalue weighted by Gasteiger charge is 2.27. The number of rotatable bonds is 6. The van der Waals surface area contributed by atoms with E-state index in [1.54, 1.807) is 12.2 Å². The van der Waals surface area contributed by atoms with Gasteiger partial charge < -0.3 is 0 Å². The summed E-state index contributed by atoms with van der Waals surface area (Å²) in [6.45, 7) is 13.3. The zero-order valence-electron chi connectivity index (χ0n) is 10.0. The second kappa shape index (κ2) is 6.39. The molecule has 0 N–H and O–H groups in total. The molecular formula is C14H21F. The summed E-state index contributed by atoms with van der Waals surface area (Å²) >= 11 is 0. The first-order valence-electron chi connectivity index (χ1n) is 5.37. The molecule has 0 spiro atoms. The van der Waals surface area contributed by atoms with Crippen molar-refractivity contribution in [2.45, 2.75) is 33.6 Å². The molecule has 0 aliphatic rings. The zero-order valence-corrected chi connectivity index (χ0v) is 10.0. The number of hydrogen-bond acceptors (Lipinski definition) is 0. The van der Waals surface area contributed by atoms with Crippen LogP contribution in [-0.2, 0) is 0 Å². The summed E-state index contributed by atoms with van der Waals surface area (Å²) in [6, 6.07) is 0. The maximum Gasteiger partial charge on any atom is 0.126 e. The lowest BCUT2D eigenvalue weighted by atomic mass is 9.76. The van der Waals surface area contributed by atoms with Crippen molar-refractivity contribution in [1.29, 1.82) is 0 Å². The molecule has 0 aromatic heterocycles. The van der Waals surface area contributed by atoms with Crippen LogP contribution >= 0.6 is 0 Å². The minimum atomic E-state index is -0.212. The lowest BCUT2D eigenvalue weighted by molar-refractivity contribution is 0.357. The topological polar surface area (TPSA) is 0 Å². The van der Waals surface area contributed by atoms with E-state index in [4.69, 9.17) is 0 Å². The molecule has 0 aliphatic heterocycles. The van der Waals surface area contributed by atoms with E-state index in [1.807, 2.05) is 0 Å². The summed E-state index contributed by atoms with van der Waals surface area (Å²) in [5, 5.41) is 0. The van der Waals surface area contributed by atoms with Gasteiger partial charge in [-0.1, -0.05) is 52.2 Å². The highest BCUT2D eigenvalue weighted by molar-refractivity contribution is 5.35. The average molecular weight is 208 g/mol. The van der Waals surface area contributed by atoms with Crippen molar-refractivity contribution in [3.63, 3.8) is 0 Å². The van der Waals surface area contributed by atoms with Gasteiger partial charge in [0.2, 0.25) is 0 Å². The van der Waals surface area contributed by atoms with Crippen LogP contribution in [0.3, 0.4) is 0 Å². The van der Waals surface area contributed by atoms with E-state index in [0.29, 0.717) is 5.57 Å². The van der Waals surface area contributed by atoms with Crippen molar-refractivity contribution >= 4 is 0 Å². The molecule has 0 aliphatic carbocycles. The Morgan fingerprint density at radius 3 is 1.93 bits per heavy atom. The van der Waals surface area contributed by atoms with Crippen LogP contribution < -0.4 is 0 Å². The molecule has 0 unspecified atom stereocenters. The molecule has 15 heavy (non-hydrogen) atoms. The van der Waals surface area contributed by atoms with Gasteiger partial charge in [0.05, 0.1) is 0 Å². The summed E-state index contributed by atoms with van der Waals surface area (Å²) < 4.78 is 13.8. The molecule has 0 fully saturated rings. The molecule has 0 radical (unpaired) electrons. The van der Waals surface area contributed by atoms with Crippen molar-refractivity contribution in [1.82, 2.24) is 0 Å². The van der Waals surface area contributed by atoms with Gasteiger partial charge in [0.15, 0.2) is 0 Å². The van der Waals surface area contributed by atoms with Gasteiger partial charge in [0.25, 0.3) is 0 Å². The Labute approximate surface area is 92.9 Å². The van der Waals surface area contributed by atoms with E-state index >= 15 is 0 Å². The van der Waals surface area contributed by atoms with E-state index < -0.39 is 0 Å². The predicted molar refractivity (Wildman–Crippen MR) is 66.4 cm³/mol. The summed E-state index contributed by atoms with van der Waals surface area (Å²) in [6.07, 6.45) is 8.07. The summed E-state index contributed by atoms with van der Waals surface area (Å²) in [4.78, 5) is 0. The average Bonchev–Trinajstić information content (AvgIpc) is 2.25. The van der Waals surface area contributed by atoms with Gasteiger partial charge >= 0.3 is 0 Å². The Hall–Kier alpha value is -1.11. The van der Waals surface area contributed by atoms with Crippen LogP contribution in [0.25, 0.3) is 0 Å². The smallest absolute Gasteiger partial charge is 0.126 e. The lowest BCUT2D eigenvalue weighted by Gasteiger charge is -2.29. The highest BCUT2D eigenvalue weighted by Crippen LogP contribution is 2.39. The van der Waals surface area contributed by atoms with Crippen LogP contribution in [0.4, 0.5) is 4.39 Å². The first-order chi connectivity index (χ1) is 7.05. The third-order valence-corrected chi connectivity index (χ3v) is 3.02. The third-order valence-electron chi connectivity index (χ3n) is 3.02. The van der Waals surface area contributed by atoms with Gasteiger partial charge in [-0.05, 0) is 29.9 Å². The highest BCUT2D eigenvalue weighted by atomic mass is 19.1. The van der Waals surface area contributed by atoms with E-state index in [2.05, 4.69) is 33.9 Å². The molecule has 0 heterocycles. The minimum Gasteiger partial charge on any atom is -0.207 e. The molecule has 84 valence electrons. The third kappa shape index (κ3) is 3.50. The second-order valence-corrected chi connectivity index (χ2v) is 3.83. The maximum absolute atomic E-state index is 13.8. The molecule has 0 atom stereocenters. The predicted octanol–water partition coefficient (Wildman–Crippen LogP) is 4.96. The molecule has 0 aromatic carbocycles. The standard InChI is InChI=1S/C14H21F/c1-6-10-12(13(15)11-7-2)14(5,8-3)9-4/h6-7,10-11H,1-2,8-9H2,3-5H3/b12-10+,13-11+. The molecule has 0 saturated carbocycles. The van der Waals surface area contributed by atoms with Crippen molar-refractivity contribution in [2.75, 3.05) is 0 Å². The van der Waals surface area contributed by atoms with Gasteiger partial charge in [-0.2, -0.15) is 0 Å². The van der Waals surface area contributed by atoms with Crippen molar-refractivity contribution in [3.8, 4) is 0 Å². The second-order valence-electron chi connectivity index (χ2n) is 3.83. The molecular weight excluding hydrogens is 187 g/mol. The van der Waals surface area contributed by atoms with Crippen LogP contribution in [0.15, 0.2) is 48.9 Å². The normalized spacial score (nSPS) is 13.9. The van der Waals surface area contributed by atoms with E-state index in [9.17, 15) is 4.39 Å². The van der Waals surface area contributed by atoms with Gasteiger partial charge in [-0.25, -0.2) is 4.39 Å². The van der Waals surface area contributed by atoms with Crippen molar-refractivity contribution < 1.29 is 4.39 Å². The van der Waals surface area contributed by atoms with Crippen molar-refractivity contribution in [2.24, 2.45) is 5.41 Å². The maximum atomic E-state index is 13.8. The fourth-order valence-electron chi connectivity index (χ4n) is 1.51. The molecule has 0 aromatic rings. The van der Waals surface area contributed by atoms with Crippen LogP contribution in [0.2, 0.25) is 0 Å². The van der Waals surface area contributed by atoms with Gasteiger partial charge in [-0.3, -0.25) is 0 Å². The van der Waals surface area contributed by atoms with Crippen LogP contribution in [0, 0.1) is 5.41 Å². The lowest BCUT2D eigenvalue weighted by Crippen LogP contribution is -2.17. The van der Waals surface area contributed by atoms with E-state index in [1.165, 1.54) is 12.2 Å². The molecule has 0 rings (SSSR count).